The second-order valence-electron chi connectivity index (χ2n) is 10.4. The van der Waals surface area contributed by atoms with Crippen molar-refractivity contribution in [1.29, 1.82) is 0 Å². The summed E-state index contributed by atoms with van der Waals surface area (Å²) in [6.07, 6.45) is -3.82. The first-order chi connectivity index (χ1) is 20.4. The summed E-state index contributed by atoms with van der Waals surface area (Å²) in [5.41, 5.74) is 0.503. The van der Waals surface area contributed by atoms with Gasteiger partial charge in [0.1, 0.15) is 6.04 Å². The van der Waals surface area contributed by atoms with Crippen LogP contribution in [0.15, 0.2) is 59.0 Å². The molecule has 1 aromatic heterocycles. The van der Waals surface area contributed by atoms with Crippen molar-refractivity contribution in [2.45, 2.75) is 25.1 Å². The zero-order valence-corrected chi connectivity index (χ0v) is 24.4. The monoisotopic (exact) mass is 620 g/mol. The molecule has 15 heteroatoms. The van der Waals surface area contributed by atoms with Gasteiger partial charge in [-0.05, 0) is 49.2 Å². The maximum atomic E-state index is 13.6. The maximum Gasteiger partial charge on any atom is 0.452 e. The predicted octanol–water partition coefficient (Wildman–Crippen LogP) is 3.53. The number of halogens is 3. The Morgan fingerprint density at radius 2 is 1.63 bits per heavy atom. The van der Waals surface area contributed by atoms with Crippen molar-refractivity contribution in [2.24, 2.45) is 0 Å². The molecule has 3 heterocycles. The van der Waals surface area contributed by atoms with E-state index in [1.54, 1.807) is 47.4 Å². The van der Waals surface area contributed by atoms with Gasteiger partial charge < -0.3 is 19.5 Å². The minimum absolute atomic E-state index is 0.206. The van der Waals surface area contributed by atoms with Crippen LogP contribution in [0.1, 0.15) is 29.1 Å². The van der Waals surface area contributed by atoms with Gasteiger partial charge in [0, 0.05) is 63.8 Å². The minimum atomic E-state index is -4.92. The van der Waals surface area contributed by atoms with Crippen LogP contribution >= 0.6 is 0 Å². The highest BCUT2D eigenvalue weighted by molar-refractivity contribution is 7.86. The lowest BCUT2D eigenvalue weighted by Crippen LogP contribution is -2.55. The van der Waals surface area contributed by atoms with Crippen molar-refractivity contribution in [2.75, 3.05) is 57.0 Å². The van der Waals surface area contributed by atoms with Crippen LogP contribution in [0.4, 0.5) is 24.5 Å². The number of benzene rings is 2. The summed E-state index contributed by atoms with van der Waals surface area (Å²) >= 11 is 0. The smallest absolute Gasteiger partial charge is 0.431 e. The van der Waals surface area contributed by atoms with Crippen molar-refractivity contribution >= 4 is 33.4 Å². The molecule has 2 aliphatic rings. The zero-order valence-electron chi connectivity index (χ0n) is 23.5. The number of carbonyl (C=O) groups excluding carboxylic acids is 2. The second kappa shape index (κ2) is 12.0. The quantitative estimate of drug-likeness (QED) is 0.429. The van der Waals surface area contributed by atoms with Gasteiger partial charge in [0.2, 0.25) is 17.6 Å². The fourth-order valence-electron chi connectivity index (χ4n) is 5.18. The number of oxazole rings is 1. The lowest BCUT2D eigenvalue weighted by Gasteiger charge is -2.38. The van der Waals surface area contributed by atoms with E-state index in [0.717, 1.165) is 9.99 Å². The Kier molecular flexibility index (Phi) is 8.49. The van der Waals surface area contributed by atoms with Crippen molar-refractivity contribution < 1.29 is 35.6 Å². The van der Waals surface area contributed by atoms with E-state index in [4.69, 9.17) is 4.42 Å². The highest BCUT2D eigenvalue weighted by Crippen LogP contribution is 2.35. The number of alkyl halides is 3. The molecule has 230 valence electrons. The minimum Gasteiger partial charge on any atom is -0.431 e. The third-order valence-electron chi connectivity index (χ3n) is 7.45. The number of anilines is 2. The van der Waals surface area contributed by atoms with Gasteiger partial charge in [-0.1, -0.05) is 18.2 Å². The number of piperazine rings is 1. The number of hydrogen-bond acceptors (Lipinski definition) is 7. The molecule has 3 aromatic rings. The molecule has 0 spiro atoms. The molecule has 1 atom stereocenters. The molecular weight excluding hydrogens is 589 g/mol. The normalized spacial score (nSPS) is 18.3. The van der Waals surface area contributed by atoms with Gasteiger partial charge in [-0.3, -0.25) is 9.59 Å². The van der Waals surface area contributed by atoms with E-state index in [0.29, 0.717) is 51.1 Å². The number of rotatable bonds is 7. The molecule has 1 N–H and O–H groups in total. The molecule has 0 bridgehead atoms. The Morgan fingerprint density at radius 1 is 0.977 bits per heavy atom. The molecular formula is C28H31F3N6O5S. The van der Waals surface area contributed by atoms with Crippen LogP contribution in [-0.2, 0) is 21.2 Å². The molecule has 0 radical (unpaired) electrons. The SMILES string of the molecule is CN(C)S(=O)(=O)N1CCC[C@@H]1C(=O)N1CCN(c2ccc(NC(=O)c3nc(-c4ccccc4)oc3C(F)(F)F)cc2)CC1. The molecule has 2 aliphatic heterocycles. The summed E-state index contributed by atoms with van der Waals surface area (Å²) in [6.45, 7) is 2.11. The highest BCUT2D eigenvalue weighted by atomic mass is 32.2. The van der Waals surface area contributed by atoms with Crippen molar-refractivity contribution in [3.8, 4) is 11.5 Å². The van der Waals surface area contributed by atoms with Gasteiger partial charge in [0.15, 0.2) is 5.69 Å². The van der Waals surface area contributed by atoms with Crippen LogP contribution in [0.3, 0.4) is 0 Å². The molecule has 0 saturated carbocycles. The molecule has 5 rings (SSSR count). The topological polar surface area (TPSA) is 119 Å². The number of carbonyl (C=O) groups is 2. The Hall–Kier alpha value is -3.95. The average molecular weight is 621 g/mol. The maximum absolute atomic E-state index is 13.6. The van der Waals surface area contributed by atoms with Crippen LogP contribution in [0, 0.1) is 0 Å². The van der Waals surface area contributed by atoms with Gasteiger partial charge in [-0.2, -0.15) is 30.2 Å². The van der Waals surface area contributed by atoms with Crippen molar-refractivity contribution in [3.05, 3.63) is 66.1 Å². The summed E-state index contributed by atoms with van der Waals surface area (Å²) in [5, 5.41) is 2.45. The van der Waals surface area contributed by atoms with Crippen LogP contribution in [-0.4, -0.2) is 91.6 Å². The number of nitrogens with zero attached hydrogens (tertiary/aromatic N) is 5. The van der Waals surface area contributed by atoms with Crippen molar-refractivity contribution in [1.82, 2.24) is 18.5 Å². The Morgan fingerprint density at radius 3 is 2.23 bits per heavy atom. The van der Waals surface area contributed by atoms with Crippen LogP contribution in [0.2, 0.25) is 0 Å². The standard InChI is InChI=1S/C28H31F3N6O5S/c1-34(2)43(40,41)37-14-6-9-22(37)27(39)36-17-15-35(16-18-36)21-12-10-20(11-13-21)32-25(38)23-24(28(29,30)31)42-26(33-23)19-7-4-3-5-8-19/h3-5,7-8,10-13,22H,6,9,14-18H2,1-2H3,(H,32,38)/t22-/m1/s1. The summed E-state index contributed by atoms with van der Waals surface area (Å²) in [7, 11) is -0.811. The van der Waals surface area contributed by atoms with Gasteiger partial charge in [0.05, 0.1) is 0 Å². The Balaban J connectivity index is 1.21. The van der Waals surface area contributed by atoms with Gasteiger partial charge in [-0.15, -0.1) is 0 Å². The molecule has 0 unspecified atom stereocenters. The van der Waals surface area contributed by atoms with E-state index in [9.17, 15) is 31.2 Å². The molecule has 0 aliphatic carbocycles. The number of nitrogens with one attached hydrogen (secondary N) is 1. The lowest BCUT2D eigenvalue weighted by molar-refractivity contribution is -0.153. The molecule has 11 nitrogen and oxygen atoms in total. The average Bonchev–Trinajstić information content (AvgIpc) is 3.67. The predicted molar refractivity (Wildman–Crippen MR) is 152 cm³/mol. The first-order valence-corrected chi connectivity index (χ1v) is 15.0. The van der Waals surface area contributed by atoms with E-state index in [-0.39, 0.29) is 17.5 Å². The van der Waals surface area contributed by atoms with Crippen molar-refractivity contribution in [3.63, 3.8) is 0 Å². The van der Waals surface area contributed by atoms with Gasteiger partial charge in [-0.25, -0.2) is 4.98 Å². The largest absolute Gasteiger partial charge is 0.452 e. The van der Waals surface area contributed by atoms with Crippen LogP contribution < -0.4 is 10.2 Å². The van der Waals surface area contributed by atoms with E-state index in [1.165, 1.54) is 30.5 Å². The molecule has 2 amide bonds. The van der Waals surface area contributed by atoms with E-state index in [1.807, 2.05) is 4.90 Å². The van der Waals surface area contributed by atoms with Crippen LogP contribution in [0.25, 0.3) is 11.5 Å². The molecule has 2 fully saturated rings. The number of aromatic nitrogens is 1. The molecule has 43 heavy (non-hydrogen) atoms. The summed E-state index contributed by atoms with van der Waals surface area (Å²) in [5.74, 6) is -3.06. The summed E-state index contributed by atoms with van der Waals surface area (Å²) in [6, 6.07) is 13.9. The third kappa shape index (κ3) is 6.38. The zero-order chi connectivity index (χ0) is 30.9. The fourth-order valence-corrected chi connectivity index (χ4v) is 6.48. The second-order valence-corrected chi connectivity index (χ2v) is 12.5. The summed E-state index contributed by atoms with van der Waals surface area (Å²) < 4.78 is 73.5. The Labute approximate surface area is 247 Å². The van der Waals surface area contributed by atoms with E-state index in [2.05, 4.69) is 10.3 Å². The fraction of sp³-hybridized carbons (Fsp3) is 0.393. The highest BCUT2D eigenvalue weighted by Gasteiger charge is 2.43. The summed E-state index contributed by atoms with van der Waals surface area (Å²) in [4.78, 5) is 33.6. The van der Waals surface area contributed by atoms with Gasteiger partial charge >= 0.3 is 6.18 Å². The first-order valence-electron chi connectivity index (χ1n) is 13.6. The van der Waals surface area contributed by atoms with Crippen LogP contribution in [0.5, 0.6) is 0 Å². The lowest BCUT2D eigenvalue weighted by atomic mass is 10.1. The molecule has 2 aromatic carbocycles. The third-order valence-corrected chi connectivity index (χ3v) is 9.40. The van der Waals surface area contributed by atoms with Gasteiger partial charge in [0.25, 0.3) is 16.1 Å². The van der Waals surface area contributed by atoms with E-state index < -0.39 is 39.8 Å². The first kappa shape index (κ1) is 30.5. The Bertz CT molecular complexity index is 1570. The number of amides is 2. The number of hydrogen-bond donors (Lipinski definition) is 1. The molecule has 2 saturated heterocycles. The van der Waals surface area contributed by atoms with E-state index >= 15 is 0 Å².